The highest BCUT2D eigenvalue weighted by molar-refractivity contribution is 6.08. The van der Waals surface area contributed by atoms with Crippen molar-refractivity contribution in [3.8, 4) is 0 Å². The molecule has 0 aliphatic carbocycles. The van der Waals surface area contributed by atoms with Crippen LogP contribution in [0.2, 0.25) is 0 Å². The zero-order valence-electron chi connectivity index (χ0n) is 12.6. The normalized spacial score (nSPS) is 25.1. The van der Waals surface area contributed by atoms with Gasteiger partial charge >= 0.3 is 11.9 Å². The number of fused-ring (bicyclic) bond motifs is 1. The predicted molar refractivity (Wildman–Crippen MR) is 71.3 cm³/mol. The van der Waals surface area contributed by atoms with Crippen LogP contribution in [0.4, 0.5) is 0 Å². The SMILES string of the molecule is CCOC(=O)C[C@@H](C(=O)OCC)N1C(=O)[C@H]2COC[C@H]2C1=O. The van der Waals surface area contributed by atoms with Gasteiger partial charge < -0.3 is 14.2 Å². The second-order valence-electron chi connectivity index (χ2n) is 5.07. The summed E-state index contributed by atoms with van der Waals surface area (Å²) in [5, 5.41) is 0. The summed E-state index contributed by atoms with van der Waals surface area (Å²) in [6, 6.07) is -1.27. The van der Waals surface area contributed by atoms with E-state index >= 15 is 0 Å². The standard InChI is InChI=1S/C14H19NO7/c1-3-21-11(16)5-10(14(19)22-4-2)15-12(17)8-6-20-7-9(8)13(15)18/h8-10H,3-7H2,1-2H3/t8-,9+,10-/m0/s1. The van der Waals surface area contributed by atoms with Crippen LogP contribution in [0, 0.1) is 11.8 Å². The molecule has 122 valence electrons. The molecule has 0 aromatic rings. The van der Waals surface area contributed by atoms with Gasteiger partial charge in [0.15, 0.2) is 0 Å². The van der Waals surface area contributed by atoms with E-state index < -0.39 is 48.1 Å². The van der Waals surface area contributed by atoms with Crippen LogP contribution in [0.15, 0.2) is 0 Å². The molecule has 0 aromatic carbocycles. The fourth-order valence-corrected chi connectivity index (χ4v) is 2.71. The van der Waals surface area contributed by atoms with Crippen molar-refractivity contribution < 1.29 is 33.4 Å². The maximum Gasteiger partial charge on any atom is 0.329 e. The molecule has 0 N–H and O–H groups in total. The van der Waals surface area contributed by atoms with E-state index in [0.29, 0.717) is 0 Å². The van der Waals surface area contributed by atoms with Gasteiger partial charge in [-0.25, -0.2) is 4.79 Å². The third-order valence-corrected chi connectivity index (χ3v) is 3.73. The van der Waals surface area contributed by atoms with Gasteiger partial charge in [-0.2, -0.15) is 0 Å². The Morgan fingerprint density at radius 2 is 1.68 bits per heavy atom. The fraction of sp³-hybridized carbons (Fsp3) is 0.714. The third kappa shape index (κ3) is 2.96. The minimum Gasteiger partial charge on any atom is -0.466 e. The second-order valence-corrected chi connectivity index (χ2v) is 5.07. The van der Waals surface area contributed by atoms with Crippen LogP contribution < -0.4 is 0 Å². The van der Waals surface area contributed by atoms with Crippen molar-refractivity contribution in [1.82, 2.24) is 4.90 Å². The van der Waals surface area contributed by atoms with Gasteiger partial charge in [0, 0.05) is 0 Å². The Bertz CT molecular complexity index is 468. The topological polar surface area (TPSA) is 99.2 Å². The van der Waals surface area contributed by atoms with Gasteiger partial charge in [0.05, 0.1) is 44.7 Å². The van der Waals surface area contributed by atoms with Gasteiger partial charge in [0.25, 0.3) is 0 Å². The minimum atomic E-state index is -1.27. The van der Waals surface area contributed by atoms with Crippen LogP contribution in [0.1, 0.15) is 20.3 Å². The molecule has 2 fully saturated rings. The Kier molecular flexibility index (Phi) is 5.12. The lowest BCUT2D eigenvalue weighted by Gasteiger charge is -2.24. The first-order chi connectivity index (χ1) is 10.5. The highest BCUT2D eigenvalue weighted by Gasteiger charge is 2.54. The van der Waals surface area contributed by atoms with Crippen LogP contribution in [-0.4, -0.2) is 61.1 Å². The maximum absolute atomic E-state index is 12.4. The van der Waals surface area contributed by atoms with Crippen molar-refractivity contribution in [2.45, 2.75) is 26.3 Å². The molecule has 22 heavy (non-hydrogen) atoms. The number of hydrogen-bond donors (Lipinski definition) is 0. The lowest BCUT2D eigenvalue weighted by Crippen LogP contribution is -2.48. The molecule has 2 aliphatic heterocycles. The summed E-state index contributed by atoms with van der Waals surface area (Å²) in [6.07, 6.45) is -0.398. The van der Waals surface area contributed by atoms with Crippen molar-refractivity contribution in [3.63, 3.8) is 0 Å². The zero-order valence-corrected chi connectivity index (χ0v) is 12.6. The van der Waals surface area contributed by atoms with E-state index in [1.165, 1.54) is 0 Å². The second kappa shape index (κ2) is 6.87. The summed E-state index contributed by atoms with van der Waals surface area (Å²) in [7, 11) is 0. The van der Waals surface area contributed by atoms with E-state index in [9.17, 15) is 19.2 Å². The Balaban J connectivity index is 2.20. The largest absolute Gasteiger partial charge is 0.466 e. The van der Waals surface area contributed by atoms with Crippen molar-refractivity contribution >= 4 is 23.8 Å². The number of likely N-dealkylation sites (tertiary alicyclic amines) is 1. The van der Waals surface area contributed by atoms with E-state index in [0.717, 1.165) is 4.90 Å². The van der Waals surface area contributed by atoms with Crippen molar-refractivity contribution in [2.75, 3.05) is 26.4 Å². The first-order valence-electron chi connectivity index (χ1n) is 7.28. The number of rotatable bonds is 6. The van der Waals surface area contributed by atoms with Crippen molar-refractivity contribution in [2.24, 2.45) is 11.8 Å². The number of amides is 2. The molecule has 2 aliphatic rings. The summed E-state index contributed by atoms with van der Waals surface area (Å²) >= 11 is 0. The molecule has 2 rings (SSSR count). The molecule has 0 spiro atoms. The van der Waals surface area contributed by atoms with Crippen LogP contribution in [0.3, 0.4) is 0 Å². The summed E-state index contributed by atoms with van der Waals surface area (Å²) < 4.78 is 14.8. The molecule has 0 saturated carbocycles. The summed E-state index contributed by atoms with van der Waals surface area (Å²) in [4.78, 5) is 49.3. The first kappa shape index (κ1) is 16.4. The molecule has 0 radical (unpaired) electrons. The summed E-state index contributed by atoms with van der Waals surface area (Å²) in [6.45, 7) is 3.78. The average Bonchev–Trinajstić information content (AvgIpc) is 3.03. The van der Waals surface area contributed by atoms with Crippen LogP contribution >= 0.6 is 0 Å². The van der Waals surface area contributed by atoms with E-state index in [1.54, 1.807) is 13.8 Å². The Hall–Kier alpha value is -1.96. The molecule has 2 saturated heterocycles. The van der Waals surface area contributed by atoms with Crippen LogP contribution in [0.5, 0.6) is 0 Å². The number of carbonyl (C=O) groups excluding carboxylic acids is 4. The lowest BCUT2D eigenvalue weighted by atomic mass is 10.00. The molecule has 8 nitrogen and oxygen atoms in total. The molecule has 0 bridgehead atoms. The maximum atomic E-state index is 12.4. The van der Waals surface area contributed by atoms with Gasteiger partial charge in [-0.1, -0.05) is 0 Å². The minimum absolute atomic E-state index is 0.0876. The Morgan fingerprint density at radius 1 is 1.14 bits per heavy atom. The van der Waals surface area contributed by atoms with Crippen LogP contribution in [0.25, 0.3) is 0 Å². The van der Waals surface area contributed by atoms with E-state index in [-0.39, 0.29) is 26.4 Å². The summed E-state index contributed by atoms with van der Waals surface area (Å²) in [5.41, 5.74) is 0. The molecular formula is C14H19NO7. The number of imide groups is 1. The molecule has 0 unspecified atom stereocenters. The van der Waals surface area contributed by atoms with Crippen LogP contribution in [-0.2, 0) is 33.4 Å². The smallest absolute Gasteiger partial charge is 0.329 e. The monoisotopic (exact) mass is 313 g/mol. The lowest BCUT2D eigenvalue weighted by molar-refractivity contribution is -0.163. The predicted octanol–water partition coefficient (Wildman–Crippen LogP) is -0.497. The molecule has 2 amide bonds. The zero-order chi connectivity index (χ0) is 16.3. The first-order valence-corrected chi connectivity index (χ1v) is 7.28. The van der Waals surface area contributed by atoms with Gasteiger partial charge in [0.2, 0.25) is 11.8 Å². The number of carbonyl (C=O) groups is 4. The van der Waals surface area contributed by atoms with E-state index in [4.69, 9.17) is 14.2 Å². The fourth-order valence-electron chi connectivity index (χ4n) is 2.71. The number of ether oxygens (including phenoxy) is 3. The number of esters is 2. The van der Waals surface area contributed by atoms with Gasteiger partial charge in [-0.05, 0) is 13.8 Å². The molecular weight excluding hydrogens is 294 g/mol. The number of nitrogens with zero attached hydrogens (tertiary/aromatic N) is 1. The van der Waals surface area contributed by atoms with Gasteiger partial charge in [-0.3, -0.25) is 19.3 Å². The molecule has 8 heteroatoms. The summed E-state index contributed by atoms with van der Waals surface area (Å²) in [5.74, 6) is -3.57. The highest BCUT2D eigenvalue weighted by atomic mass is 16.5. The average molecular weight is 313 g/mol. The molecule has 3 atom stereocenters. The van der Waals surface area contributed by atoms with Crippen molar-refractivity contribution in [1.29, 1.82) is 0 Å². The Labute approximate surface area is 127 Å². The molecule has 0 aromatic heterocycles. The molecule has 2 heterocycles. The third-order valence-electron chi connectivity index (χ3n) is 3.73. The van der Waals surface area contributed by atoms with E-state index in [2.05, 4.69) is 0 Å². The highest BCUT2D eigenvalue weighted by Crippen LogP contribution is 2.33. The van der Waals surface area contributed by atoms with Gasteiger partial charge in [0.1, 0.15) is 6.04 Å². The van der Waals surface area contributed by atoms with Crippen molar-refractivity contribution in [3.05, 3.63) is 0 Å². The van der Waals surface area contributed by atoms with Gasteiger partial charge in [-0.15, -0.1) is 0 Å². The number of hydrogen-bond acceptors (Lipinski definition) is 7. The Morgan fingerprint density at radius 3 is 2.18 bits per heavy atom. The van der Waals surface area contributed by atoms with E-state index in [1.807, 2.05) is 0 Å². The quantitative estimate of drug-likeness (QED) is 0.481.